The maximum Gasteiger partial charge on any atom is 0.416 e. The van der Waals surface area contributed by atoms with Crippen molar-refractivity contribution >= 4 is 5.71 Å². The molecule has 170 valence electrons. The van der Waals surface area contributed by atoms with Crippen molar-refractivity contribution < 1.29 is 13.2 Å². The maximum absolute atomic E-state index is 14.0. The van der Waals surface area contributed by atoms with Crippen molar-refractivity contribution in [2.24, 2.45) is 17.3 Å². The predicted octanol–water partition coefficient (Wildman–Crippen LogP) is 5.05. The van der Waals surface area contributed by atoms with Crippen LogP contribution in [0, 0.1) is 56.7 Å². The molecule has 0 saturated heterocycles. The molecule has 2 aromatic rings. The van der Waals surface area contributed by atoms with Crippen LogP contribution >= 0.6 is 0 Å². The molecule has 34 heavy (non-hydrogen) atoms. The van der Waals surface area contributed by atoms with Gasteiger partial charge in [0.25, 0.3) is 0 Å². The molecule has 3 atom stereocenters. The normalized spacial score (nSPS) is 24.2. The Bertz CT molecular complexity index is 1250. The number of fused-ring (bicyclic) bond motifs is 1. The first kappa shape index (κ1) is 23.2. The summed E-state index contributed by atoms with van der Waals surface area (Å²) >= 11 is 0. The first-order valence-corrected chi connectivity index (χ1v) is 10.7. The molecule has 0 radical (unpaired) electrons. The summed E-state index contributed by atoms with van der Waals surface area (Å²) in [4.78, 5) is 2.02. The smallest absolute Gasteiger partial charge is 0.305 e. The molecule has 1 heterocycles. The number of nitrogens with zero attached hydrogens (tertiary/aromatic N) is 4. The van der Waals surface area contributed by atoms with Crippen molar-refractivity contribution in [3.05, 3.63) is 82.9 Å². The van der Waals surface area contributed by atoms with E-state index < -0.39 is 40.6 Å². The Labute approximate surface area is 195 Å². The Balaban J connectivity index is 1.89. The fourth-order valence-corrected chi connectivity index (χ4v) is 5.21. The van der Waals surface area contributed by atoms with Crippen LogP contribution in [-0.2, 0) is 12.7 Å². The molecule has 1 saturated carbocycles. The minimum Gasteiger partial charge on any atom is -0.305 e. The lowest BCUT2D eigenvalue weighted by Crippen LogP contribution is -2.53. The van der Waals surface area contributed by atoms with E-state index in [1.807, 2.05) is 53.4 Å². The lowest BCUT2D eigenvalue weighted by Gasteiger charge is -2.48. The molecule has 1 N–H and O–H groups in total. The summed E-state index contributed by atoms with van der Waals surface area (Å²) in [6.07, 6.45) is -2.93. The van der Waals surface area contributed by atoms with Gasteiger partial charge in [0.1, 0.15) is 5.92 Å². The van der Waals surface area contributed by atoms with E-state index in [1.165, 1.54) is 18.2 Å². The maximum atomic E-state index is 14.0. The zero-order valence-corrected chi connectivity index (χ0v) is 18.0. The van der Waals surface area contributed by atoms with Gasteiger partial charge in [-0.2, -0.15) is 29.0 Å². The number of rotatable bonds is 3. The summed E-state index contributed by atoms with van der Waals surface area (Å²) < 4.78 is 42.0. The quantitative estimate of drug-likeness (QED) is 0.649. The molecule has 2 aliphatic rings. The first-order chi connectivity index (χ1) is 16.3. The van der Waals surface area contributed by atoms with Crippen LogP contribution in [0.1, 0.15) is 22.6 Å². The van der Waals surface area contributed by atoms with Crippen LogP contribution in [0.25, 0.3) is 0 Å². The summed E-state index contributed by atoms with van der Waals surface area (Å²) in [6.45, 7) is 1.23. The number of nitriles is 3. The van der Waals surface area contributed by atoms with Crippen LogP contribution in [-0.4, -0.2) is 23.7 Å². The van der Waals surface area contributed by atoms with Gasteiger partial charge in [0.05, 0.1) is 29.5 Å². The molecule has 1 aliphatic carbocycles. The van der Waals surface area contributed by atoms with E-state index in [9.17, 15) is 29.0 Å². The van der Waals surface area contributed by atoms with E-state index in [2.05, 4.69) is 0 Å². The number of nitrogens with one attached hydrogen (secondary N) is 1. The monoisotopic (exact) mass is 459 g/mol. The van der Waals surface area contributed by atoms with Crippen LogP contribution in [0.3, 0.4) is 0 Å². The zero-order chi connectivity index (χ0) is 24.5. The topological polar surface area (TPSA) is 98.5 Å². The summed E-state index contributed by atoms with van der Waals surface area (Å²) in [5.41, 5.74) is -2.26. The van der Waals surface area contributed by atoms with Crippen LogP contribution in [0.2, 0.25) is 0 Å². The average Bonchev–Trinajstić information content (AvgIpc) is 2.84. The Morgan fingerprint density at radius 2 is 1.65 bits per heavy atom. The van der Waals surface area contributed by atoms with E-state index >= 15 is 0 Å². The third kappa shape index (κ3) is 3.75. The van der Waals surface area contributed by atoms with Gasteiger partial charge < -0.3 is 5.41 Å². The van der Waals surface area contributed by atoms with Gasteiger partial charge in [-0.25, -0.2) is 0 Å². The van der Waals surface area contributed by atoms with E-state index in [1.54, 1.807) is 6.08 Å². The Kier molecular flexibility index (Phi) is 6.00. The predicted molar refractivity (Wildman–Crippen MR) is 118 cm³/mol. The lowest BCUT2D eigenvalue weighted by atomic mass is 9.54. The van der Waals surface area contributed by atoms with E-state index in [-0.39, 0.29) is 12.1 Å². The largest absolute Gasteiger partial charge is 0.416 e. The van der Waals surface area contributed by atoms with Crippen molar-refractivity contribution in [2.75, 3.05) is 13.1 Å². The van der Waals surface area contributed by atoms with Gasteiger partial charge in [0.2, 0.25) is 0 Å². The number of halogens is 3. The van der Waals surface area contributed by atoms with Gasteiger partial charge in [-0.1, -0.05) is 54.6 Å². The second-order valence-corrected chi connectivity index (χ2v) is 8.56. The van der Waals surface area contributed by atoms with Crippen molar-refractivity contribution in [3.8, 4) is 18.2 Å². The molecule has 1 fully saturated rings. The van der Waals surface area contributed by atoms with Crippen LogP contribution in [0.5, 0.6) is 0 Å². The van der Waals surface area contributed by atoms with Crippen molar-refractivity contribution in [1.29, 1.82) is 21.2 Å². The molecule has 8 heteroatoms. The first-order valence-electron chi connectivity index (χ1n) is 10.7. The molecule has 0 spiro atoms. The van der Waals surface area contributed by atoms with E-state index in [0.717, 1.165) is 11.6 Å². The Morgan fingerprint density at radius 3 is 2.26 bits per heavy atom. The molecular weight excluding hydrogens is 439 g/mol. The molecule has 1 aliphatic heterocycles. The fraction of sp³-hybridized carbons (Fsp3) is 0.308. The van der Waals surface area contributed by atoms with Gasteiger partial charge in [-0.3, -0.25) is 4.90 Å². The van der Waals surface area contributed by atoms with Crippen molar-refractivity contribution in [2.45, 2.75) is 18.6 Å². The Hall–Kier alpha value is -3.93. The molecule has 0 amide bonds. The van der Waals surface area contributed by atoms with Gasteiger partial charge in [0.15, 0.2) is 5.41 Å². The molecular formula is C26H20F3N5. The minimum absolute atomic E-state index is 0.197. The number of alkyl halides is 3. The zero-order valence-electron chi connectivity index (χ0n) is 18.0. The van der Waals surface area contributed by atoms with Crippen LogP contribution in [0.4, 0.5) is 13.2 Å². The summed E-state index contributed by atoms with van der Waals surface area (Å²) in [7, 11) is 0. The summed E-state index contributed by atoms with van der Waals surface area (Å²) in [6, 6.07) is 20.2. The summed E-state index contributed by atoms with van der Waals surface area (Å²) in [5.74, 6) is -3.08. The van der Waals surface area contributed by atoms with E-state index in [0.29, 0.717) is 18.7 Å². The minimum atomic E-state index is -4.70. The number of hydrogen-bond acceptors (Lipinski definition) is 5. The van der Waals surface area contributed by atoms with E-state index in [4.69, 9.17) is 5.41 Å². The third-order valence-electron chi connectivity index (χ3n) is 6.72. The number of hydrogen-bond donors (Lipinski definition) is 1. The highest BCUT2D eigenvalue weighted by molar-refractivity contribution is 6.00. The van der Waals surface area contributed by atoms with Crippen LogP contribution in [0.15, 0.2) is 66.2 Å². The fourth-order valence-electron chi connectivity index (χ4n) is 5.21. The van der Waals surface area contributed by atoms with Crippen LogP contribution < -0.4 is 0 Å². The molecule has 1 unspecified atom stereocenters. The molecule has 5 nitrogen and oxygen atoms in total. The number of benzene rings is 2. The standard InChI is InChI=1S/C26H20F3N5/c27-26(28,29)22-9-5-4-8-19(22)23-21-14-34(13-17-6-2-1-3-7-17)11-10-18(21)20(12-30)24(33)25(23,15-31)16-32/h1-10,20-21,23,33H,11,13-14H2/t20?,21-,23+/m0/s1. The highest BCUT2D eigenvalue weighted by Crippen LogP contribution is 2.55. The molecule has 0 bridgehead atoms. The van der Waals surface area contributed by atoms with Crippen molar-refractivity contribution in [1.82, 2.24) is 4.90 Å². The summed E-state index contributed by atoms with van der Waals surface area (Å²) in [5, 5.41) is 38.6. The van der Waals surface area contributed by atoms with Gasteiger partial charge in [-0.05, 0) is 22.8 Å². The SMILES string of the molecule is N#CC1C(=N)C(C#N)(C#N)[C@H](c2ccccc2C(F)(F)F)[C@H]2CN(Cc3ccccc3)CC=C12. The Morgan fingerprint density at radius 1 is 1.00 bits per heavy atom. The second-order valence-electron chi connectivity index (χ2n) is 8.56. The van der Waals surface area contributed by atoms with Crippen molar-refractivity contribution in [3.63, 3.8) is 0 Å². The lowest BCUT2D eigenvalue weighted by molar-refractivity contribution is -0.138. The molecule has 0 aromatic heterocycles. The van der Waals surface area contributed by atoms with Gasteiger partial charge >= 0.3 is 6.18 Å². The third-order valence-corrected chi connectivity index (χ3v) is 6.72. The average molecular weight is 459 g/mol. The highest BCUT2D eigenvalue weighted by atomic mass is 19.4. The molecule has 2 aromatic carbocycles. The second kappa shape index (κ2) is 8.78. The van der Waals surface area contributed by atoms with Gasteiger partial charge in [-0.15, -0.1) is 0 Å². The highest BCUT2D eigenvalue weighted by Gasteiger charge is 2.59. The van der Waals surface area contributed by atoms with Gasteiger partial charge in [0, 0.05) is 31.5 Å². The molecule has 4 rings (SSSR count).